The second-order valence-electron chi connectivity index (χ2n) is 6.09. The summed E-state index contributed by atoms with van der Waals surface area (Å²) in [5.41, 5.74) is 1.49. The van der Waals surface area contributed by atoms with E-state index in [0.717, 1.165) is 17.3 Å². The Labute approximate surface area is 170 Å². The van der Waals surface area contributed by atoms with Crippen molar-refractivity contribution in [1.82, 2.24) is 5.16 Å². The zero-order valence-electron chi connectivity index (χ0n) is 15.3. The van der Waals surface area contributed by atoms with Gasteiger partial charge < -0.3 is 24.1 Å². The Bertz CT molecular complexity index is 872. The van der Waals surface area contributed by atoms with Crippen molar-refractivity contribution >= 4 is 41.1 Å². The number of hydrogen-bond acceptors (Lipinski definition) is 8. The molecule has 1 amide bonds. The Morgan fingerprint density at radius 3 is 2.96 bits per heavy atom. The van der Waals surface area contributed by atoms with Crippen LogP contribution in [0.15, 0.2) is 22.7 Å². The Morgan fingerprint density at radius 2 is 2.21 bits per heavy atom. The van der Waals surface area contributed by atoms with Crippen LogP contribution in [0.4, 0.5) is 5.82 Å². The number of nitrogens with one attached hydrogen (secondary N) is 1. The molecule has 0 fully saturated rings. The largest absolute Gasteiger partial charge is 0.467 e. The molecule has 0 spiro atoms. The molecule has 1 aliphatic heterocycles. The monoisotopic (exact) mass is 426 g/mol. The maximum absolute atomic E-state index is 12.1. The average Bonchev–Trinajstić information content (AvgIpc) is 3.08. The predicted molar refractivity (Wildman–Crippen MR) is 103 cm³/mol. The molecule has 0 saturated heterocycles. The molecule has 1 aromatic heterocycles. The van der Waals surface area contributed by atoms with Gasteiger partial charge >= 0.3 is 5.97 Å². The lowest BCUT2D eigenvalue weighted by molar-refractivity contribution is -0.141. The summed E-state index contributed by atoms with van der Waals surface area (Å²) < 4.78 is 20.9. The number of carbonyl (C=O) groups is 2. The van der Waals surface area contributed by atoms with Crippen molar-refractivity contribution in [2.45, 2.75) is 32.3 Å². The van der Waals surface area contributed by atoms with Crippen LogP contribution in [0, 0.1) is 6.92 Å². The van der Waals surface area contributed by atoms with E-state index in [9.17, 15) is 9.59 Å². The quantitative estimate of drug-likeness (QED) is 0.673. The number of anilines is 1. The van der Waals surface area contributed by atoms with E-state index in [-0.39, 0.29) is 25.1 Å². The van der Waals surface area contributed by atoms with Gasteiger partial charge in [-0.3, -0.25) is 9.59 Å². The van der Waals surface area contributed by atoms with E-state index in [1.54, 1.807) is 32.0 Å². The maximum atomic E-state index is 12.1. The Kier molecular flexibility index (Phi) is 6.82. The first-order valence-electron chi connectivity index (χ1n) is 8.45. The van der Waals surface area contributed by atoms with E-state index < -0.39 is 11.2 Å². The molecule has 0 saturated carbocycles. The van der Waals surface area contributed by atoms with Crippen LogP contribution in [0.25, 0.3) is 0 Å². The fourth-order valence-corrected chi connectivity index (χ4v) is 3.43. The molecule has 1 aromatic carbocycles. The summed E-state index contributed by atoms with van der Waals surface area (Å²) in [6, 6.07) is 5.07. The third-order valence-electron chi connectivity index (χ3n) is 3.84. The molecule has 1 atom stereocenters. The van der Waals surface area contributed by atoms with E-state index in [1.807, 2.05) is 0 Å². The topological polar surface area (TPSA) is 99.9 Å². The second kappa shape index (κ2) is 9.31. The van der Waals surface area contributed by atoms with Crippen LogP contribution in [0.3, 0.4) is 0 Å². The van der Waals surface area contributed by atoms with Gasteiger partial charge in [-0.25, -0.2) is 0 Å². The summed E-state index contributed by atoms with van der Waals surface area (Å²) in [5.74, 6) is 0.877. The van der Waals surface area contributed by atoms with Gasteiger partial charge in [0.15, 0.2) is 12.6 Å². The fourth-order valence-electron chi connectivity index (χ4n) is 2.49. The normalized spacial score (nSPS) is 14.0. The summed E-state index contributed by atoms with van der Waals surface area (Å²) in [6.45, 7) is 3.99. The van der Waals surface area contributed by atoms with Gasteiger partial charge in [0.2, 0.25) is 5.91 Å². The average molecular weight is 427 g/mol. The molecule has 1 aliphatic rings. The number of esters is 1. The minimum absolute atomic E-state index is 0.0269. The lowest BCUT2D eigenvalue weighted by atomic mass is 10.1. The van der Waals surface area contributed by atoms with Gasteiger partial charge in [-0.1, -0.05) is 16.8 Å². The standard InChI is InChI=1S/C18H19ClN2O6S/c1-10-3-15(21-27-10)20-18(23)11(2)28-8-16(22)25-7-13-5-14(19)4-12-6-24-9-26-17(12)13/h3-5,11H,6-9H2,1-2H3,(H,20,21,23)/t11-/m0/s1. The van der Waals surface area contributed by atoms with Crippen LogP contribution < -0.4 is 10.1 Å². The first-order valence-corrected chi connectivity index (χ1v) is 9.88. The maximum Gasteiger partial charge on any atom is 0.316 e. The molecule has 10 heteroatoms. The number of aromatic nitrogens is 1. The number of aryl methyl sites for hydroxylation is 1. The number of hydrogen-bond donors (Lipinski definition) is 1. The van der Waals surface area contributed by atoms with Crippen molar-refractivity contribution in [3.63, 3.8) is 0 Å². The van der Waals surface area contributed by atoms with Crippen LogP contribution in [-0.4, -0.2) is 34.8 Å². The number of benzene rings is 1. The molecular formula is C18H19ClN2O6S. The van der Waals surface area contributed by atoms with Gasteiger partial charge in [-0.2, -0.15) is 0 Å². The molecule has 0 aliphatic carbocycles. The van der Waals surface area contributed by atoms with E-state index in [2.05, 4.69) is 10.5 Å². The number of fused-ring (bicyclic) bond motifs is 1. The van der Waals surface area contributed by atoms with Gasteiger partial charge in [0.05, 0.1) is 17.6 Å². The number of rotatable bonds is 7. The van der Waals surface area contributed by atoms with Gasteiger partial charge in [-0.05, 0) is 26.0 Å². The molecule has 28 heavy (non-hydrogen) atoms. The number of carbonyl (C=O) groups excluding carboxylic acids is 2. The van der Waals surface area contributed by atoms with Gasteiger partial charge in [0, 0.05) is 22.2 Å². The molecule has 0 bridgehead atoms. The third kappa shape index (κ3) is 5.40. The van der Waals surface area contributed by atoms with Crippen LogP contribution in [-0.2, 0) is 32.3 Å². The van der Waals surface area contributed by atoms with Crippen molar-refractivity contribution in [3.05, 3.63) is 40.1 Å². The molecule has 2 aromatic rings. The zero-order valence-corrected chi connectivity index (χ0v) is 16.9. The summed E-state index contributed by atoms with van der Waals surface area (Å²) >= 11 is 7.25. The minimum atomic E-state index is -0.469. The van der Waals surface area contributed by atoms with Crippen molar-refractivity contribution < 1.29 is 28.3 Å². The van der Waals surface area contributed by atoms with Crippen LogP contribution in [0.5, 0.6) is 5.75 Å². The number of ether oxygens (including phenoxy) is 3. The smallest absolute Gasteiger partial charge is 0.316 e. The Hall–Kier alpha value is -2.23. The number of amides is 1. The van der Waals surface area contributed by atoms with Crippen LogP contribution in [0.2, 0.25) is 5.02 Å². The lowest BCUT2D eigenvalue weighted by Crippen LogP contribution is -2.24. The van der Waals surface area contributed by atoms with Gasteiger partial charge in [0.25, 0.3) is 0 Å². The number of thioether (sulfide) groups is 1. The molecule has 0 radical (unpaired) electrons. The first-order chi connectivity index (χ1) is 13.4. The van der Waals surface area contributed by atoms with E-state index >= 15 is 0 Å². The van der Waals surface area contributed by atoms with E-state index in [1.165, 1.54) is 0 Å². The first kappa shape index (κ1) is 20.5. The van der Waals surface area contributed by atoms with Crippen molar-refractivity contribution in [2.24, 2.45) is 0 Å². The highest BCUT2D eigenvalue weighted by atomic mass is 35.5. The minimum Gasteiger partial charge on any atom is -0.467 e. The van der Waals surface area contributed by atoms with Crippen LogP contribution in [0.1, 0.15) is 23.8 Å². The lowest BCUT2D eigenvalue weighted by Gasteiger charge is -2.21. The van der Waals surface area contributed by atoms with E-state index in [4.69, 9.17) is 30.3 Å². The van der Waals surface area contributed by atoms with E-state index in [0.29, 0.717) is 34.5 Å². The molecule has 8 nitrogen and oxygen atoms in total. The molecular weight excluding hydrogens is 408 g/mol. The fraction of sp³-hybridized carbons (Fsp3) is 0.389. The summed E-state index contributed by atoms with van der Waals surface area (Å²) in [4.78, 5) is 24.2. The Morgan fingerprint density at radius 1 is 1.39 bits per heavy atom. The molecule has 2 heterocycles. The molecule has 1 N–H and O–H groups in total. The highest BCUT2D eigenvalue weighted by Crippen LogP contribution is 2.32. The van der Waals surface area contributed by atoms with Crippen LogP contribution >= 0.6 is 23.4 Å². The summed E-state index contributed by atoms with van der Waals surface area (Å²) in [5, 5.41) is 6.37. The van der Waals surface area contributed by atoms with Crippen molar-refractivity contribution in [1.29, 1.82) is 0 Å². The van der Waals surface area contributed by atoms with Gasteiger partial charge in [-0.15, -0.1) is 11.8 Å². The highest BCUT2D eigenvalue weighted by Gasteiger charge is 2.19. The summed E-state index contributed by atoms with van der Waals surface area (Å²) in [7, 11) is 0. The molecule has 3 rings (SSSR count). The third-order valence-corrected chi connectivity index (χ3v) is 5.17. The highest BCUT2D eigenvalue weighted by molar-refractivity contribution is 8.01. The van der Waals surface area contributed by atoms with Crippen molar-refractivity contribution in [3.8, 4) is 5.75 Å². The number of nitrogens with zero attached hydrogens (tertiary/aromatic N) is 1. The SMILES string of the molecule is Cc1cc(NC(=O)[C@H](C)SCC(=O)OCc2cc(Cl)cc3c2OCOC3)no1. The molecule has 0 unspecified atom stereocenters. The second-order valence-corrected chi connectivity index (χ2v) is 7.86. The Balaban J connectivity index is 1.47. The van der Waals surface area contributed by atoms with Gasteiger partial charge in [0.1, 0.15) is 18.1 Å². The van der Waals surface area contributed by atoms with Crippen molar-refractivity contribution in [2.75, 3.05) is 17.9 Å². The summed E-state index contributed by atoms with van der Waals surface area (Å²) in [6.07, 6.45) is 0. The zero-order chi connectivity index (χ0) is 20.1. The molecule has 150 valence electrons. The predicted octanol–water partition coefficient (Wildman–Crippen LogP) is 3.31. The number of halogens is 1.